The average Bonchev–Trinajstić information content (AvgIpc) is 3.03. The summed E-state index contributed by atoms with van der Waals surface area (Å²) >= 11 is 1.60. The fourth-order valence-corrected chi connectivity index (χ4v) is 2.30. The minimum absolute atomic E-state index is 0.140. The van der Waals surface area contributed by atoms with Crippen molar-refractivity contribution >= 4 is 29.3 Å². The van der Waals surface area contributed by atoms with Gasteiger partial charge >= 0.3 is 5.97 Å². The van der Waals surface area contributed by atoms with Gasteiger partial charge in [-0.3, -0.25) is 4.79 Å². The number of aryl methyl sites for hydroxylation is 1. The average molecular weight is 291 g/mol. The lowest BCUT2D eigenvalue weighted by molar-refractivity contribution is -0.116. The number of hydrogen-bond donors (Lipinski definition) is 2. The van der Waals surface area contributed by atoms with Gasteiger partial charge in [0, 0.05) is 15.8 Å². The predicted octanol–water partition coefficient (Wildman–Crippen LogP) is 2.68. The van der Waals surface area contributed by atoms with E-state index in [1.165, 1.54) is 23.1 Å². The van der Waals surface area contributed by atoms with E-state index < -0.39 is 5.97 Å². The summed E-state index contributed by atoms with van der Waals surface area (Å²) in [7, 11) is 0. The van der Waals surface area contributed by atoms with Gasteiger partial charge in [-0.05, 0) is 37.3 Å². The van der Waals surface area contributed by atoms with E-state index in [1.54, 1.807) is 17.4 Å². The molecule has 0 unspecified atom stereocenters. The number of amides is 1. The van der Waals surface area contributed by atoms with Crippen molar-refractivity contribution in [2.45, 2.75) is 13.5 Å². The van der Waals surface area contributed by atoms with Gasteiger partial charge in [-0.25, -0.2) is 4.79 Å². The van der Waals surface area contributed by atoms with Crippen LogP contribution in [0.15, 0.2) is 34.8 Å². The molecule has 2 N–H and O–H groups in total. The highest BCUT2D eigenvalue weighted by Gasteiger charge is 2.08. The molecule has 2 aromatic rings. The number of aromatic carboxylic acids is 1. The van der Waals surface area contributed by atoms with Crippen LogP contribution in [0.2, 0.25) is 0 Å². The van der Waals surface area contributed by atoms with Crippen molar-refractivity contribution in [1.29, 1.82) is 0 Å². The normalized spacial score (nSPS) is 10.8. The van der Waals surface area contributed by atoms with Crippen LogP contribution in [0, 0.1) is 6.92 Å². The first-order valence-electron chi connectivity index (χ1n) is 5.89. The second-order valence-electron chi connectivity index (χ2n) is 4.07. The monoisotopic (exact) mass is 291 g/mol. The molecule has 104 valence electrons. The molecule has 0 radical (unpaired) electrons. The molecular formula is C14H13NO4S. The minimum Gasteiger partial charge on any atom is -0.475 e. The zero-order valence-electron chi connectivity index (χ0n) is 10.8. The van der Waals surface area contributed by atoms with Gasteiger partial charge in [0.25, 0.3) is 0 Å². The highest BCUT2D eigenvalue weighted by Crippen LogP contribution is 2.16. The first-order valence-corrected chi connectivity index (χ1v) is 6.70. The molecule has 5 nitrogen and oxygen atoms in total. The van der Waals surface area contributed by atoms with Crippen LogP contribution in [0.5, 0.6) is 0 Å². The fourth-order valence-electron chi connectivity index (χ4n) is 1.52. The Bertz CT molecular complexity index is 654. The number of furan rings is 1. The molecule has 0 saturated carbocycles. The zero-order valence-corrected chi connectivity index (χ0v) is 11.6. The molecule has 2 heterocycles. The molecule has 20 heavy (non-hydrogen) atoms. The van der Waals surface area contributed by atoms with Crippen molar-refractivity contribution in [2.75, 3.05) is 0 Å². The lowest BCUT2D eigenvalue weighted by Crippen LogP contribution is -2.19. The van der Waals surface area contributed by atoms with Crippen LogP contribution < -0.4 is 5.32 Å². The summed E-state index contributed by atoms with van der Waals surface area (Å²) in [4.78, 5) is 24.4. The topological polar surface area (TPSA) is 79.5 Å². The lowest BCUT2D eigenvalue weighted by atomic mass is 10.3. The van der Waals surface area contributed by atoms with Crippen LogP contribution in [0.25, 0.3) is 6.08 Å². The molecule has 0 fully saturated rings. The molecule has 0 saturated heterocycles. The molecule has 2 rings (SSSR count). The molecule has 0 aliphatic rings. The first kappa shape index (κ1) is 14.1. The Morgan fingerprint density at radius 1 is 1.35 bits per heavy atom. The van der Waals surface area contributed by atoms with Crippen LogP contribution in [0.1, 0.15) is 26.1 Å². The third-order valence-electron chi connectivity index (χ3n) is 2.47. The third kappa shape index (κ3) is 3.83. The van der Waals surface area contributed by atoms with Gasteiger partial charge < -0.3 is 14.8 Å². The van der Waals surface area contributed by atoms with Gasteiger partial charge in [0.2, 0.25) is 11.7 Å². The Hall–Kier alpha value is -2.34. The number of hydrogen-bond acceptors (Lipinski definition) is 4. The summed E-state index contributed by atoms with van der Waals surface area (Å²) in [5.74, 6) is -1.13. The second-order valence-corrected chi connectivity index (χ2v) is 5.39. The summed E-state index contributed by atoms with van der Waals surface area (Å²) < 4.78 is 5.03. The van der Waals surface area contributed by atoms with Crippen molar-refractivity contribution in [3.63, 3.8) is 0 Å². The quantitative estimate of drug-likeness (QED) is 0.830. The van der Waals surface area contributed by atoms with Gasteiger partial charge in [0.15, 0.2) is 0 Å². The zero-order chi connectivity index (χ0) is 14.5. The lowest BCUT2D eigenvalue weighted by Gasteiger charge is -1.98. The number of rotatable bonds is 5. The number of carboxylic acids is 1. The van der Waals surface area contributed by atoms with E-state index in [4.69, 9.17) is 9.52 Å². The first-order chi connectivity index (χ1) is 9.54. The molecule has 2 aromatic heterocycles. The summed E-state index contributed by atoms with van der Waals surface area (Å²) in [5.41, 5.74) is 0. The summed E-state index contributed by atoms with van der Waals surface area (Å²) in [6.45, 7) is 2.15. The molecule has 1 amide bonds. The van der Waals surface area contributed by atoms with Crippen LogP contribution >= 0.6 is 11.3 Å². The highest BCUT2D eigenvalue weighted by molar-refractivity contribution is 7.12. The van der Waals surface area contributed by atoms with Crippen molar-refractivity contribution < 1.29 is 19.1 Å². The Kier molecular flexibility index (Phi) is 4.37. The van der Waals surface area contributed by atoms with Crippen molar-refractivity contribution in [2.24, 2.45) is 0 Å². The molecule has 0 aromatic carbocycles. The number of carboxylic acid groups (broad SMARTS) is 1. The Morgan fingerprint density at radius 3 is 2.75 bits per heavy atom. The Morgan fingerprint density at radius 2 is 2.15 bits per heavy atom. The number of carbonyl (C=O) groups is 2. The molecule has 0 bridgehead atoms. The van der Waals surface area contributed by atoms with E-state index in [-0.39, 0.29) is 18.2 Å². The van der Waals surface area contributed by atoms with E-state index in [0.717, 1.165) is 4.88 Å². The van der Waals surface area contributed by atoms with Gasteiger partial charge in [0.05, 0.1) is 6.54 Å². The van der Waals surface area contributed by atoms with E-state index in [9.17, 15) is 9.59 Å². The summed E-state index contributed by atoms with van der Waals surface area (Å²) in [6.07, 6.45) is 3.17. The molecular weight excluding hydrogens is 278 g/mol. The fraction of sp³-hybridized carbons (Fsp3) is 0.143. The van der Waals surface area contributed by atoms with Crippen LogP contribution in [-0.4, -0.2) is 17.0 Å². The van der Waals surface area contributed by atoms with Gasteiger partial charge in [-0.2, -0.15) is 0 Å². The van der Waals surface area contributed by atoms with E-state index in [0.29, 0.717) is 5.76 Å². The molecule has 0 aliphatic carbocycles. The molecule has 0 spiro atoms. The predicted molar refractivity (Wildman–Crippen MR) is 75.6 cm³/mol. The van der Waals surface area contributed by atoms with Gasteiger partial charge in [-0.15, -0.1) is 11.3 Å². The molecule has 6 heteroatoms. The maximum absolute atomic E-state index is 11.6. The van der Waals surface area contributed by atoms with E-state index in [2.05, 4.69) is 5.32 Å². The number of nitrogens with one attached hydrogen (secondary N) is 1. The largest absolute Gasteiger partial charge is 0.475 e. The van der Waals surface area contributed by atoms with E-state index >= 15 is 0 Å². The number of carbonyl (C=O) groups excluding carboxylic acids is 1. The van der Waals surface area contributed by atoms with Crippen LogP contribution in [0.4, 0.5) is 0 Å². The highest BCUT2D eigenvalue weighted by atomic mass is 32.1. The van der Waals surface area contributed by atoms with E-state index in [1.807, 2.05) is 19.1 Å². The Labute approximate surface area is 119 Å². The van der Waals surface area contributed by atoms with Gasteiger partial charge in [-0.1, -0.05) is 0 Å². The van der Waals surface area contributed by atoms with Crippen LogP contribution in [0.3, 0.4) is 0 Å². The maximum atomic E-state index is 11.6. The third-order valence-corrected chi connectivity index (χ3v) is 3.44. The number of thiophene rings is 1. The summed E-state index contributed by atoms with van der Waals surface area (Å²) in [6, 6.07) is 6.80. The van der Waals surface area contributed by atoms with Crippen molar-refractivity contribution in [3.05, 3.63) is 51.6 Å². The summed E-state index contributed by atoms with van der Waals surface area (Å²) in [5, 5.41) is 11.3. The SMILES string of the molecule is Cc1ccc(/C=C/C(=O)NCc2ccc(C(=O)O)o2)s1. The van der Waals surface area contributed by atoms with Crippen molar-refractivity contribution in [1.82, 2.24) is 5.32 Å². The smallest absolute Gasteiger partial charge is 0.371 e. The van der Waals surface area contributed by atoms with Crippen molar-refractivity contribution in [3.8, 4) is 0 Å². The van der Waals surface area contributed by atoms with Gasteiger partial charge in [0.1, 0.15) is 5.76 Å². The minimum atomic E-state index is -1.13. The maximum Gasteiger partial charge on any atom is 0.371 e. The Balaban J connectivity index is 1.85. The second kappa shape index (κ2) is 6.21. The molecule has 0 atom stereocenters. The standard InChI is InChI=1S/C14H13NO4S/c1-9-2-4-11(20-9)5-7-13(16)15-8-10-3-6-12(19-10)14(17)18/h2-7H,8H2,1H3,(H,15,16)(H,17,18)/b7-5+. The molecule has 0 aliphatic heterocycles. The van der Waals surface area contributed by atoms with Crippen LogP contribution in [-0.2, 0) is 11.3 Å².